The van der Waals surface area contributed by atoms with E-state index < -0.39 is 21.8 Å². The molecular weight excluding hydrogens is 268 g/mol. The number of sulfone groups is 1. The van der Waals surface area contributed by atoms with Gasteiger partial charge in [0.2, 0.25) is 5.82 Å². The number of aromatic amines is 1. The van der Waals surface area contributed by atoms with Gasteiger partial charge in [-0.1, -0.05) is 5.92 Å². The predicted octanol–water partition coefficient (Wildman–Crippen LogP) is -0.624. The number of nitrogens with one attached hydrogen (secondary N) is 1. The smallest absolute Gasteiger partial charge is 0.294 e. The van der Waals surface area contributed by atoms with Crippen molar-refractivity contribution in [3.05, 3.63) is 11.6 Å². The highest BCUT2D eigenvalue weighted by atomic mass is 32.2. The monoisotopic (exact) mass is 282 g/mol. The summed E-state index contributed by atoms with van der Waals surface area (Å²) in [4.78, 5) is 17.5. The summed E-state index contributed by atoms with van der Waals surface area (Å²) >= 11 is 0. The molecule has 2 rings (SSSR count). The number of H-pyrrole nitrogens is 1. The average molecular weight is 282 g/mol. The number of aromatic nitrogens is 3. The molecule has 1 aromatic heterocycles. The maximum Gasteiger partial charge on any atom is 0.294 e. The van der Waals surface area contributed by atoms with Crippen LogP contribution in [-0.4, -0.2) is 58.5 Å². The zero-order valence-electron chi connectivity index (χ0n) is 10.5. The van der Waals surface area contributed by atoms with E-state index >= 15 is 0 Å². The second kappa shape index (κ2) is 5.01. The molecule has 19 heavy (non-hydrogen) atoms. The molecule has 0 bridgehead atoms. The first-order valence-corrected chi connectivity index (χ1v) is 7.59. The molecule has 1 amide bonds. The van der Waals surface area contributed by atoms with Gasteiger partial charge >= 0.3 is 0 Å². The Balaban J connectivity index is 2.21. The molecule has 102 valence electrons. The normalized spacial score (nSPS) is 20.9. The Kier molecular flexibility index (Phi) is 3.57. The fourth-order valence-corrected chi connectivity index (χ4v) is 3.78. The SMILES string of the molecule is C#CCN(C(=O)c1n[nH]c(C)n1)C1CCS(=O)(=O)C1. The molecule has 1 unspecified atom stereocenters. The van der Waals surface area contributed by atoms with E-state index in [0.717, 1.165) is 0 Å². The topological polar surface area (TPSA) is 96.0 Å². The number of amides is 1. The number of rotatable bonds is 3. The summed E-state index contributed by atoms with van der Waals surface area (Å²) in [7, 11) is -3.08. The number of carbonyl (C=O) groups excluding carboxylic acids is 1. The van der Waals surface area contributed by atoms with Gasteiger partial charge in [0.05, 0.1) is 18.1 Å². The van der Waals surface area contributed by atoms with Crippen LogP contribution in [-0.2, 0) is 9.84 Å². The number of aryl methyl sites for hydroxylation is 1. The molecular formula is C11H14N4O3S. The third-order valence-corrected chi connectivity index (χ3v) is 4.71. The molecule has 8 heteroatoms. The third-order valence-electron chi connectivity index (χ3n) is 2.96. The van der Waals surface area contributed by atoms with Crippen molar-refractivity contribution in [3.8, 4) is 12.3 Å². The van der Waals surface area contributed by atoms with Gasteiger partial charge < -0.3 is 4.90 Å². The molecule has 1 N–H and O–H groups in total. The first kappa shape index (κ1) is 13.5. The molecule has 7 nitrogen and oxygen atoms in total. The summed E-state index contributed by atoms with van der Waals surface area (Å²) < 4.78 is 23.0. The minimum atomic E-state index is -3.08. The number of terminal acetylenes is 1. The molecule has 0 radical (unpaired) electrons. The standard InChI is InChI=1S/C11H14N4O3S/c1-3-5-15(9-4-6-19(17,18)7-9)11(16)10-12-8(2)13-14-10/h1,9H,4-7H2,2H3,(H,12,13,14). The minimum absolute atomic E-state index is 0.0112. The van der Waals surface area contributed by atoms with Crippen molar-refractivity contribution >= 4 is 15.7 Å². The first-order chi connectivity index (χ1) is 8.93. The Morgan fingerprint density at radius 2 is 2.37 bits per heavy atom. The van der Waals surface area contributed by atoms with Gasteiger partial charge in [-0.25, -0.2) is 13.4 Å². The van der Waals surface area contributed by atoms with E-state index in [1.807, 2.05) is 0 Å². The van der Waals surface area contributed by atoms with Crippen LogP contribution in [0.25, 0.3) is 0 Å². The van der Waals surface area contributed by atoms with E-state index in [2.05, 4.69) is 21.1 Å². The summed E-state index contributed by atoms with van der Waals surface area (Å²) in [6.07, 6.45) is 5.65. The fourth-order valence-electron chi connectivity index (χ4n) is 2.05. The van der Waals surface area contributed by atoms with Crippen LogP contribution in [0.3, 0.4) is 0 Å². The van der Waals surface area contributed by atoms with Gasteiger partial charge in [-0.15, -0.1) is 11.5 Å². The van der Waals surface area contributed by atoms with Crippen molar-refractivity contribution in [2.45, 2.75) is 19.4 Å². The highest BCUT2D eigenvalue weighted by molar-refractivity contribution is 7.91. The van der Waals surface area contributed by atoms with Gasteiger partial charge in [-0.3, -0.25) is 9.89 Å². The van der Waals surface area contributed by atoms with Crippen molar-refractivity contribution in [2.24, 2.45) is 0 Å². The molecule has 2 heterocycles. The molecule has 1 aliphatic rings. The van der Waals surface area contributed by atoms with Crippen LogP contribution in [0, 0.1) is 19.3 Å². The highest BCUT2D eigenvalue weighted by Crippen LogP contribution is 2.18. The second-order valence-corrected chi connectivity index (χ2v) is 6.67. The predicted molar refractivity (Wildman–Crippen MR) is 68.0 cm³/mol. The van der Waals surface area contributed by atoms with Crippen LogP contribution in [0.15, 0.2) is 0 Å². The lowest BCUT2D eigenvalue weighted by Crippen LogP contribution is -2.41. The second-order valence-electron chi connectivity index (χ2n) is 4.44. The highest BCUT2D eigenvalue weighted by Gasteiger charge is 2.35. The van der Waals surface area contributed by atoms with Gasteiger partial charge in [-0.05, 0) is 13.3 Å². The minimum Gasteiger partial charge on any atom is -0.321 e. The molecule has 1 aromatic rings. The van der Waals surface area contributed by atoms with Crippen LogP contribution in [0.2, 0.25) is 0 Å². The number of carbonyl (C=O) groups is 1. The third kappa shape index (κ3) is 2.93. The lowest BCUT2D eigenvalue weighted by molar-refractivity contribution is 0.0712. The Morgan fingerprint density at radius 3 is 2.84 bits per heavy atom. The Hall–Kier alpha value is -1.88. The van der Waals surface area contributed by atoms with Crippen molar-refractivity contribution < 1.29 is 13.2 Å². The Labute approximate surface area is 111 Å². The first-order valence-electron chi connectivity index (χ1n) is 5.77. The Bertz CT molecular complexity index is 629. The van der Waals surface area contributed by atoms with Gasteiger partial charge in [0.15, 0.2) is 9.84 Å². The summed E-state index contributed by atoms with van der Waals surface area (Å²) in [6.45, 7) is 1.72. The van der Waals surface area contributed by atoms with E-state index in [9.17, 15) is 13.2 Å². The Morgan fingerprint density at radius 1 is 1.63 bits per heavy atom. The van der Waals surface area contributed by atoms with Crippen LogP contribution >= 0.6 is 0 Å². The lowest BCUT2D eigenvalue weighted by atomic mass is 10.2. The summed E-state index contributed by atoms with van der Waals surface area (Å²) in [6, 6.07) is -0.396. The van der Waals surface area contributed by atoms with Crippen LogP contribution in [0.4, 0.5) is 0 Å². The van der Waals surface area contributed by atoms with Crippen molar-refractivity contribution in [1.29, 1.82) is 0 Å². The average Bonchev–Trinajstić information content (AvgIpc) is 2.91. The molecule has 0 aliphatic carbocycles. The van der Waals surface area contributed by atoms with E-state index in [1.165, 1.54) is 4.90 Å². The zero-order chi connectivity index (χ0) is 14.0. The molecule has 0 aromatic carbocycles. The largest absolute Gasteiger partial charge is 0.321 e. The summed E-state index contributed by atoms with van der Waals surface area (Å²) in [5.41, 5.74) is 0. The van der Waals surface area contributed by atoms with Gasteiger partial charge in [0.25, 0.3) is 5.91 Å². The van der Waals surface area contributed by atoms with Crippen molar-refractivity contribution in [2.75, 3.05) is 18.1 Å². The summed E-state index contributed by atoms with van der Waals surface area (Å²) in [5, 5.41) is 6.36. The van der Waals surface area contributed by atoms with E-state index in [0.29, 0.717) is 12.2 Å². The number of hydrogen-bond acceptors (Lipinski definition) is 5. The zero-order valence-corrected chi connectivity index (χ0v) is 11.3. The quantitative estimate of drug-likeness (QED) is 0.745. The lowest BCUT2D eigenvalue weighted by Gasteiger charge is -2.24. The number of nitrogens with zero attached hydrogens (tertiary/aromatic N) is 3. The van der Waals surface area contributed by atoms with E-state index in [-0.39, 0.29) is 23.9 Å². The number of hydrogen-bond donors (Lipinski definition) is 1. The summed E-state index contributed by atoms with van der Waals surface area (Å²) in [5.74, 6) is 2.49. The molecule has 0 saturated carbocycles. The maximum atomic E-state index is 12.2. The van der Waals surface area contributed by atoms with E-state index in [1.54, 1.807) is 6.92 Å². The fraction of sp³-hybridized carbons (Fsp3) is 0.545. The van der Waals surface area contributed by atoms with Crippen LogP contribution in [0.1, 0.15) is 22.9 Å². The maximum absolute atomic E-state index is 12.2. The van der Waals surface area contributed by atoms with E-state index in [4.69, 9.17) is 6.42 Å². The van der Waals surface area contributed by atoms with Gasteiger partial charge in [-0.2, -0.15) is 0 Å². The molecule has 1 aliphatic heterocycles. The van der Waals surface area contributed by atoms with Gasteiger partial charge in [0, 0.05) is 6.04 Å². The molecule has 1 atom stereocenters. The van der Waals surface area contributed by atoms with Crippen molar-refractivity contribution in [1.82, 2.24) is 20.1 Å². The van der Waals surface area contributed by atoms with Crippen LogP contribution in [0.5, 0.6) is 0 Å². The molecule has 1 fully saturated rings. The van der Waals surface area contributed by atoms with Crippen LogP contribution < -0.4 is 0 Å². The molecule has 0 spiro atoms. The van der Waals surface area contributed by atoms with Gasteiger partial charge in [0.1, 0.15) is 5.82 Å². The van der Waals surface area contributed by atoms with Crippen molar-refractivity contribution in [3.63, 3.8) is 0 Å². The molecule has 1 saturated heterocycles.